The number of methoxy groups -OCH3 is 1. The molecule has 1 aromatic heterocycles. The molecule has 1 saturated heterocycles. The number of benzene rings is 1. The third kappa shape index (κ3) is 5.70. The molecule has 0 aliphatic carbocycles. The van der Waals surface area contributed by atoms with Crippen LogP contribution in [0.4, 0.5) is 32.0 Å². The normalized spacial score (nSPS) is 16.1. The number of hydroxylamine groups is 2. The largest absolute Gasteiger partial charge is 0.497 e. The van der Waals surface area contributed by atoms with Crippen LogP contribution in [0, 0.1) is 0 Å². The molecule has 1 aliphatic rings. The van der Waals surface area contributed by atoms with E-state index in [4.69, 9.17) is 21.2 Å². The molecule has 1 aliphatic heterocycles. The van der Waals surface area contributed by atoms with Crippen LogP contribution >= 0.6 is 22.9 Å². The number of quaternary nitrogens is 1. The first-order valence-electron chi connectivity index (χ1n) is 9.70. The topological polar surface area (TPSA) is 72.9 Å². The van der Waals surface area contributed by atoms with Gasteiger partial charge < -0.3 is 9.64 Å². The smallest absolute Gasteiger partial charge is 0.491 e. The number of halogens is 7. The van der Waals surface area contributed by atoms with Crippen LogP contribution in [-0.4, -0.2) is 68.2 Å². The van der Waals surface area contributed by atoms with Crippen LogP contribution < -0.4 is 9.38 Å². The summed E-state index contributed by atoms with van der Waals surface area (Å²) < 4.78 is 81.2. The van der Waals surface area contributed by atoms with Crippen molar-refractivity contribution in [1.82, 2.24) is 9.55 Å². The van der Waals surface area contributed by atoms with Gasteiger partial charge in [-0.3, -0.25) is 14.4 Å². The molecule has 0 unspecified atom stereocenters. The van der Waals surface area contributed by atoms with Crippen molar-refractivity contribution in [2.75, 3.05) is 33.3 Å². The Hall–Kier alpha value is -2.84. The molecule has 2 aromatic rings. The van der Waals surface area contributed by atoms with Crippen molar-refractivity contribution < 1.29 is 50.3 Å². The van der Waals surface area contributed by atoms with E-state index in [1.54, 1.807) is 0 Å². The van der Waals surface area contributed by atoms with Crippen LogP contribution in [0.3, 0.4) is 0 Å². The number of amides is 1. The molecule has 190 valence electrons. The molecule has 7 nitrogen and oxygen atoms in total. The molecule has 1 fully saturated rings. The zero-order valence-electron chi connectivity index (χ0n) is 17.7. The molecule has 0 bridgehead atoms. The molecule has 1 amide bonds. The van der Waals surface area contributed by atoms with E-state index in [0.717, 1.165) is 12.1 Å². The number of nitrogens with zero attached hydrogens (tertiary/aromatic N) is 2. The van der Waals surface area contributed by atoms with E-state index in [9.17, 15) is 40.7 Å². The summed E-state index contributed by atoms with van der Waals surface area (Å²) in [7, 11) is 1.26. The van der Waals surface area contributed by atoms with Gasteiger partial charge in [0.25, 0.3) is 11.7 Å². The number of hydrogen-bond acceptors (Lipinski definition) is 6. The molecule has 1 aromatic carbocycles. The predicted octanol–water partition coefficient (Wildman–Crippen LogP) is 4.64. The third-order valence-corrected chi connectivity index (χ3v) is 6.42. The molecular formula is C20H16ClF6N2O5S+. The van der Waals surface area contributed by atoms with Gasteiger partial charge in [0.1, 0.15) is 13.1 Å². The van der Waals surface area contributed by atoms with Crippen LogP contribution in [0.25, 0.3) is 0 Å². The van der Waals surface area contributed by atoms with Crippen LogP contribution in [0.5, 0.6) is 5.75 Å². The van der Waals surface area contributed by atoms with Crippen molar-refractivity contribution >= 4 is 46.3 Å². The van der Waals surface area contributed by atoms with Crippen molar-refractivity contribution in [2.45, 2.75) is 12.4 Å². The number of Topliss-reactive ketones (excluding diaryl/α,β-unsaturated/α-hetero) is 1. The summed E-state index contributed by atoms with van der Waals surface area (Å²) in [6.07, 6.45) is -10.4. The summed E-state index contributed by atoms with van der Waals surface area (Å²) in [6, 6.07) is 6.01. The zero-order chi connectivity index (χ0) is 26.2. The van der Waals surface area contributed by atoms with Gasteiger partial charge in [0, 0.05) is 11.1 Å². The molecule has 0 radical (unpaired) electrons. The lowest BCUT2D eigenvalue weighted by Gasteiger charge is -2.41. The first kappa shape index (κ1) is 26.8. The van der Waals surface area contributed by atoms with Gasteiger partial charge in [0.2, 0.25) is 5.69 Å². The average molecular weight is 546 g/mol. The second-order valence-electron chi connectivity index (χ2n) is 7.31. The highest BCUT2D eigenvalue weighted by Gasteiger charge is 2.51. The minimum Gasteiger partial charge on any atom is -0.491 e. The lowest BCUT2D eigenvalue weighted by molar-refractivity contribution is -0.238. The van der Waals surface area contributed by atoms with Gasteiger partial charge in [-0.25, -0.2) is 4.79 Å². The predicted molar refractivity (Wildman–Crippen MR) is 112 cm³/mol. The number of ketones is 1. The highest BCUT2D eigenvalue weighted by Crippen LogP contribution is 2.39. The molecule has 35 heavy (non-hydrogen) atoms. The maximum absolute atomic E-state index is 13.0. The highest BCUT2D eigenvalue weighted by molar-refractivity contribution is 7.16. The Morgan fingerprint density at radius 1 is 0.971 bits per heavy atom. The molecule has 3 rings (SSSR count). The number of carbonyl (C=O) groups excluding carboxylic acids is 3. The van der Waals surface area contributed by atoms with E-state index in [-0.39, 0.29) is 47.5 Å². The van der Waals surface area contributed by atoms with Gasteiger partial charge in [-0.05, 0) is 24.3 Å². The van der Waals surface area contributed by atoms with Crippen molar-refractivity contribution in [1.29, 1.82) is 0 Å². The second kappa shape index (κ2) is 9.66. The fraction of sp³-hybridized carbons (Fsp3) is 0.350. The summed E-state index contributed by atoms with van der Waals surface area (Å²) >= 11 is 6.35. The summed E-state index contributed by atoms with van der Waals surface area (Å²) in [4.78, 5) is 41.1. The summed E-state index contributed by atoms with van der Waals surface area (Å²) in [5, 5.41) is 0.125. The van der Waals surface area contributed by atoms with Crippen LogP contribution in [0.2, 0.25) is 5.02 Å². The SMILES string of the molecule is COc1ccc(Cl)cc1[N+]1(OC(=O)C(F)(F)F)CCN(C(=O)c2ccc(C(=O)C(F)(F)F)s2)CC1. The molecule has 0 atom stereocenters. The Balaban J connectivity index is 1.87. The fourth-order valence-electron chi connectivity index (χ4n) is 3.44. The number of alkyl halides is 6. The van der Waals surface area contributed by atoms with Crippen molar-refractivity contribution in [3.8, 4) is 5.75 Å². The van der Waals surface area contributed by atoms with Gasteiger partial charge in [0.15, 0.2) is 5.75 Å². The first-order valence-corrected chi connectivity index (χ1v) is 10.9. The van der Waals surface area contributed by atoms with Crippen LogP contribution in [0.1, 0.15) is 19.3 Å². The number of piperazine rings is 1. The lowest BCUT2D eigenvalue weighted by atomic mass is 10.2. The number of rotatable bonds is 5. The standard InChI is InChI=1S/C20H16ClF6N2O5S/c1-33-13-3-2-11(21)10-12(13)29(34-18(32)20(25,26)27)8-6-28(7-9-29)17(31)15-5-4-14(35-15)16(30)19(22,23)24/h2-5,10H,6-9H2,1H3/q+1. The van der Waals surface area contributed by atoms with Gasteiger partial charge >= 0.3 is 18.3 Å². The summed E-state index contributed by atoms with van der Waals surface area (Å²) in [6.45, 7) is -1.16. The van der Waals surface area contributed by atoms with E-state index in [1.807, 2.05) is 0 Å². The Kier molecular flexibility index (Phi) is 7.39. The number of thiophene rings is 1. The van der Waals surface area contributed by atoms with E-state index in [2.05, 4.69) is 0 Å². The number of ether oxygens (including phenoxy) is 1. The van der Waals surface area contributed by atoms with E-state index >= 15 is 0 Å². The maximum atomic E-state index is 13.0. The number of carbonyl (C=O) groups is 3. The minimum atomic E-state index is -5.30. The van der Waals surface area contributed by atoms with E-state index < -0.39 is 39.5 Å². The maximum Gasteiger partial charge on any atom is 0.497 e. The Bertz CT molecular complexity index is 1140. The first-order chi connectivity index (χ1) is 16.2. The van der Waals surface area contributed by atoms with Gasteiger partial charge in [-0.2, -0.15) is 26.3 Å². The molecule has 15 heteroatoms. The van der Waals surface area contributed by atoms with Crippen LogP contribution in [-0.2, 0) is 9.63 Å². The number of hydrogen-bond donors (Lipinski definition) is 0. The highest BCUT2D eigenvalue weighted by atomic mass is 35.5. The Morgan fingerprint density at radius 2 is 1.57 bits per heavy atom. The minimum absolute atomic E-state index is 0.0129. The second-order valence-corrected chi connectivity index (χ2v) is 8.83. The molecular weight excluding hydrogens is 530 g/mol. The third-order valence-electron chi connectivity index (χ3n) is 5.12. The molecule has 0 spiro atoms. The quantitative estimate of drug-likeness (QED) is 0.311. The Labute approximate surface area is 202 Å². The monoisotopic (exact) mass is 545 g/mol. The average Bonchev–Trinajstić information content (AvgIpc) is 3.27. The van der Waals surface area contributed by atoms with E-state index in [1.165, 1.54) is 30.2 Å². The van der Waals surface area contributed by atoms with Crippen molar-refractivity contribution in [3.63, 3.8) is 0 Å². The molecule has 0 saturated carbocycles. The Morgan fingerprint density at radius 3 is 2.11 bits per heavy atom. The van der Waals surface area contributed by atoms with Crippen molar-refractivity contribution in [3.05, 3.63) is 45.1 Å². The fourth-order valence-corrected chi connectivity index (χ4v) is 4.54. The van der Waals surface area contributed by atoms with Crippen molar-refractivity contribution in [2.24, 2.45) is 0 Å². The summed E-state index contributed by atoms with van der Waals surface area (Å²) in [5.41, 5.74) is 0.0129. The van der Waals surface area contributed by atoms with Gasteiger partial charge in [-0.15, -0.1) is 11.3 Å². The molecule has 2 heterocycles. The molecule has 0 N–H and O–H groups in total. The van der Waals surface area contributed by atoms with Gasteiger partial charge in [-0.1, -0.05) is 16.2 Å². The van der Waals surface area contributed by atoms with Crippen LogP contribution in [0.15, 0.2) is 30.3 Å². The van der Waals surface area contributed by atoms with Gasteiger partial charge in [0.05, 0.1) is 30.0 Å². The zero-order valence-corrected chi connectivity index (χ0v) is 19.3. The van der Waals surface area contributed by atoms with E-state index in [0.29, 0.717) is 11.3 Å². The summed E-state index contributed by atoms with van der Waals surface area (Å²) in [5.74, 6) is -5.21. The lowest BCUT2D eigenvalue weighted by Crippen LogP contribution is -2.63.